The lowest BCUT2D eigenvalue weighted by Gasteiger charge is -2.32. The van der Waals surface area contributed by atoms with Gasteiger partial charge in [0.15, 0.2) is 0 Å². The summed E-state index contributed by atoms with van der Waals surface area (Å²) in [5.74, 6) is 0.595. The molecule has 0 amide bonds. The summed E-state index contributed by atoms with van der Waals surface area (Å²) in [6.07, 6.45) is 4.69. The molecule has 0 bridgehead atoms. The number of benzene rings is 3. The zero-order chi connectivity index (χ0) is 21.0. The molecule has 1 saturated heterocycles. The Labute approximate surface area is 183 Å². The number of halogens is 1. The molecule has 0 spiro atoms. The zero-order valence-electron chi connectivity index (χ0n) is 17.9. The first kappa shape index (κ1) is 20.0. The Bertz CT molecular complexity index is 1140. The molecule has 1 fully saturated rings. The van der Waals surface area contributed by atoms with E-state index >= 15 is 0 Å². The van der Waals surface area contributed by atoms with Gasteiger partial charge >= 0.3 is 0 Å². The van der Waals surface area contributed by atoms with Gasteiger partial charge in [0.05, 0.1) is 0 Å². The van der Waals surface area contributed by atoms with Gasteiger partial charge in [-0.25, -0.2) is 4.39 Å². The first-order valence-electron chi connectivity index (χ1n) is 11.4. The minimum atomic E-state index is -0.192. The van der Waals surface area contributed by atoms with E-state index < -0.39 is 0 Å². The summed E-state index contributed by atoms with van der Waals surface area (Å²) in [5.41, 5.74) is 5.86. The highest BCUT2D eigenvalue weighted by atomic mass is 19.1. The molecule has 0 radical (unpaired) electrons. The number of hydrogen-bond donors (Lipinski definition) is 1. The zero-order valence-corrected chi connectivity index (χ0v) is 17.9. The molecule has 3 heteroatoms. The van der Waals surface area contributed by atoms with Gasteiger partial charge in [-0.2, -0.15) is 0 Å². The molecule has 1 aromatic heterocycles. The number of piperidine rings is 1. The molecule has 3 aromatic carbocycles. The normalized spacial score (nSPS) is 15.5. The number of hydrogen-bond acceptors (Lipinski definition) is 1. The van der Waals surface area contributed by atoms with Gasteiger partial charge in [0.25, 0.3) is 0 Å². The average molecular weight is 413 g/mol. The van der Waals surface area contributed by atoms with Crippen molar-refractivity contribution in [2.75, 3.05) is 19.6 Å². The molecule has 0 aliphatic carbocycles. The molecular weight excluding hydrogens is 383 g/mol. The predicted molar refractivity (Wildman–Crippen MR) is 127 cm³/mol. The van der Waals surface area contributed by atoms with Crippen molar-refractivity contribution in [2.45, 2.75) is 25.7 Å². The Morgan fingerprint density at radius 3 is 2.45 bits per heavy atom. The van der Waals surface area contributed by atoms with E-state index in [4.69, 9.17) is 0 Å². The highest BCUT2D eigenvalue weighted by molar-refractivity contribution is 5.90. The van der Waals surface area contributed by atoms with Crippen molar-refractivity contribution in [3.63, 3.8) is 0 Å². The second-order valence-corrected chi connectivity index (χ2v) is 8.76. The first-order chi connectivity index (χ1) is 15.3. The minimum Gasteiger partial charge on any atom is -0.354 e. The Balaban J connectivity index is 1.27. The van der Waals surface area contributed by atoms with Crippen LogP contribution in [0, 0.1) is 11.7 Å². The van der Waals surface area contributed by atoms with Gasteiger partial charge in [-0.05, 0) is 74.0 Å². The van der Waals surface area contributed by atoms with Crippen LogP contribution in [0.4, 0.5) is 4.39 Å². The lowest BCUT2D eigenvalue weighted by atomic mass is 9.90. The van der Waals surface area contributed by atoms with E-state index in [-0.39, 0.29) is 5.82 Å². The molecule has 1 aliphatic heterocycles. The van der Waals surface area contributed by atoms with E-state index in [0.717, 1.165) is 48.7 Å². The molecule has 4 aromatic rings. The van der Waals surface area contributed by atoms with E-state index in [1.807, 2.05) is 6.07 Å². The van der Waals surface area contributed by atoms with Crippen LogP contribution >= 0.6 is 0 Å². The molecule has 0 saturated carbocycles. The van der Waals surface area contributed by atoms with E-state index in [1.165, 1.54) is 41.8 Å². The summed E-state index contributed by atoms with van der Waals surface area (Å²) < 4.78 is 13.9. The number of fused-ring (bicyclic) bond motifs is 1. The van der Waals surface area contributed by atoms with Crippen LogP contribution in [0.1, 0.15) is 24.0 Å². The van der Waals surface area contributed by atoms with Crippen molar-refractivity contribution in [3.05, 3.63) is 95.8 Å². The first-order valence-corrected chi connectivity index (χ1v) is 11.4. The number of nitrogens with one attached hydrogen (secondary N) is 1. The molecule has 1 aliphatic rings. The van der Waals surface area contributed by atoms with Gasteiger partial charge in [-0.1, -0.05) is 60.7 Å². The fraction of sp³-hybridized carbons (Fsp3) is 0.286. The third-order valence-electron chi connectivity index (χ3n) is 6.68. The molecule has 1 N–H and O–H groups in total. The third-order valence-corrected chi connectivity index (χ3v) is 6.68. The standard InChI is InChI=1S/C28H29FN2/c29-24-10-6-9-23(20-24)28-26(25-11-4-5-12-27(25)30-28)15-18-31-16-13-22(14-17-31)19-21-7-2-1-3-8-21/h1-12,20,22,30H,13-19H2. The van der Waals surface area contributed by atoms with Crippen LogP contribution < -0.4 is 0 Å². The van der Waals surface area contributed by atoms with Gasteiger partial charge in [-0.3, -0.25) is 0 Å². The summed E-state index contributed by atoms with van der Waals surface area (Å²) >= 11 is 0. The monoisotopic (exact) mass is 412 g/mol. The van der Waals surface area contributed by atoms with Gasteiger partial charge in [0, 0.05) is 28.7 Å². The van der Waals surface area contributed by atoms with Crippen LogP contribution in [-0.4, -0.2) is 29.5 Å². The van der Waals surface area contributed by atoms with E-state index in [9.17, 15) is 4.39 Å². The molecule has 158 valence electrons. The number of H-pyrrole nitrogens is 1. The Hall–Kier alpha value is -2.91. The average Bonchev–Trinajstić information content (AvgIpc) is 3.18. The molecule has 2 nitrogen and oxygen atoms in total. The maximum Gasteiger partial charge on any atom is 0.123 e. The highest BCUT2D eigenvalue weighted by Gasteiger charge is 2.20. The van der Waals surface area contributed by atoms with E-state index in [1.54, 1.807) is 12.1 Å². The maximum atomic E-state index is 13.9. The summed E-state index contributed by atoms with van der Waals surface area (Å²) in [5, 5.41) is 1.25. The highest BCUT2D eigenvalue weighted by Crippen LogP contribution is 2.31. The Morgan fingerprint density at radius 2 is 1.65 bits per heavy atom. The van der Waals surface area contributed by atoms with Crippen molar-refractivity contribution in [1.29, 1.82) is 0 Å². The minimum absolute atomic E-state index is 0.192. The van der Waals surface area contributed by atoms with Gasteiger partial charge < -0.3 is 9.88 Å². The van der Waals surface area contributed by atoms with E-state index in [0.29, 0.717) is 0 Å². The second-order valence-electron chi connectivity index (χ2n) is 8.76. The van der Waals surface area contributed by atoms with Crippen molar-refractivity contribution in [1.82, 2.24) is 9.88 Å². The third kappa shape index (κ3) is 4.57. The lowest BCUT2D eigenvalue weighted by Crippen LogP contribution is -2.35. The van der Waals surface area contributed by atoms with Crippen molar-refractivity contribution >= 4 is 10.9 Å². The summed E-state index contributed by atoms with van der Waals surface area (Å²) in [4.78, 5) is 6.14. The Morgan fingerprint density at radius 1 is 0.871 bits per heavy atom. The van der Waals surface area contributed by atoms with Gasteiger partial charge in [0.1, 0.15) is 5.82 Å². The number of para-hydroxylation sites is 1. The molecule has 0 unspecified atom stereocenters. The van der Waals surface area contributed by atoms with Crippen LogP contribution in [0.15, 0.2) is 78.9 Å². The summed E-state index contributed by atoms with van der Waals surface area (Å²) in [6.45, 7) is 3.37. The summed E-state index contributed by atoms with van der Waals surface area (Å²) in [6, 6.07) is 26.2. The molecule has 31 heavy (non-hydrogen) atoms. The van der Waals surface area contributed by atoms with Gasteiger partial charge in [0.2, 0.25) is 0 Å². The van der Waals surface area contributed by atoms with E-state index in [2.05, 4.69) is 64.5 Å². The van der Waals surface area contributed by atoms with Crippen LogP contribution in [0.3, 0.4) is 0 Å². The molecule has 5 rings (SSSR count). The van der Waals surface area contributed by atoms with Crippen LogP contribution in [0.5, 0.6) is 0 Å². The fourth-order valence-electron chi connectivity index (χ4n) is 4.98. The molecule has 0 atom stereocenters. The fourth-order valence-corrected chi connectivity index (χ4v) is 4.98. The van der Waals surface area contributed by atoms with Crippen LogP contribution in [0.25, 0.3) is 22.2 Å². The van der Waals surface area contributed by atoms with Crippen molar-refractivity contribution in [3.8, 4) is 11.3 Å². The smallest absolute Gasteiger partial charge is 0.123 e. The van der Waals surface area contributed by atoms with Crippen LogP contribution in [-0.2, 0) is 12.8 Å². The predicted octanol–water partition coefficient (Wildman–Crippen LogP) is 6.47. The maximum absolute atomic E-state index is 13.9. The van der Waals surface area contributed by atoms with Crippen molar-refractivity contribution in [2.24, 2.45) is 5.92 Å². The second kappa shape index (κ2) is 9.07. The number of likely N-dealkylation sites (tertiary alicyclic amines) is 1. The van der Waals surface area contributed by atoms with Gasteiger partial charge in [-0.15, -0.1) is 0 Å². The van der Waals surface area contributed by atoms with Crippen LogP contribution in [0.2, 0.25) is 0 Å². The number of nitrogens with zero attached hydrogens (tertiary/aromatic N) is 1. The van der Waals surface area contributed by atoms with Crippen molar-refractivity contribution < 1.29 is 4.39 Å². The topological polar surface area (TPSA) is 19.0 Å². The Kier molecular flexibility index (Phi) is 5.86. The largest absolute Gasteiger partial charge is 0.354 e. The quantitative estimate of drug-likeness (QED) is 0.384. The lowest BCUT2D eigenvalue weighted by molar-refractivity contribution is 0.186. The number of aromatic nitrogens is 1. The summed E-state index contributed by atoms with van der Waals surface area (Å²) in [7, 11) is 0. The molecule has 2 heterocycles. The number of rotatable bonds is 6. The number of aromatic amines is 1. The SMILES string of the molecule is Fc1cccc(-c2[nH]c3ccccc3c2CCN2CCC(Cc3ccccc3)CC2)c1. The molecular formula is C28H29FN2.